The molecule has 0 aliphatic heterocycles. The molecule has 0 heterocycles. The third-order valence-corrected chi connectivity index (χ3v) is 2.13. The molecule has 0 radical (unpaired) electrons. The second kappa shape index (κ2) is 3.61. The second-order valence-electron chi connectivity index (χ2n) is 3.50. The van der Waals surface area contributed by atoms with Gasteiger partial charge < -0.3 is 5.11 Å². The Morgan fingerprint density at radius 2 is 2.55 bits per heavy atom. The summed E-state index contributed by atoms with van der Waals surface area (Å²) in [4.78, 5) is 0. The highest BCUT2D eigenvalue weighted by Crippen LogP contribution is 2.26. The zero-order chi connectivity index (χ0) is 8.27. The number of aliphatic hydroxyl groups is 1. The first-order valence-corrected chi connectivity index (χ1v) is 4.21. The molecular weight excluding hydrogens is 136 g/mol. The van der Waals surface area contributed by atoms with Crippen molar-refractivity contribution in [1.82, 2.24) is 0 Å². The van der Waals surface area contributed by atoms with Crippen molar-refractivity contribution in [2.24, 2.45) is 5.92 Å². The molecule has 1 atom stereocenters. The Labute approximate surface area is 68.4 Å². The van der Waals surface area contributed by atoms with E-state index in [1.807, 2.05) is 6.08 Å². The summed E-state index contributed by atoms with van der Waals surface area (Å²) in [5.74, 6) is 1.30. The van der Waals surface area contributed by atoms with Gasteiger partial charge in [0.2, 0.25) is 0 Å². The summed E-state index contributed by atoms with van der Waals surface area (Å²) < 4.78 is 0. The molecule has 1 unspecified atom stereocenters. The molecule has 0 aromatic carbocycles. The van der Waals surface area contributed by atoms with E-state index in [0.29, 0.717) is 5.76 Å². The Bertz CT molecular complexity index is 179. The molecule has 0 saturated carbocycles. The lowest BCUT2D eigenvalue weighted by Crippen LogP contribution is -2.05. The molecule has 62 valence electrons. The van der Waals surface area contributed by atoms with Crippen LogP contribution in [0.5, 0.6) is 0 Å². The molecule has 0 aromatic rings. The Kier molecular flexibility index (Phi) is 2.75. The Morgan fingerprint density at radius 1 is 1.82 bits per heavy atom. The minimum Gasteiger partial charge on any atom is -0.513 e. The fourth-order valence-electron chi connectivity index (χ4n) is 1.55. The molecule has 1 heteroatoms. The van der Waals surface area contributed by atoms with E-state index >= 15 is 0 Å². The van der Waals surface area contributed by atoms with Gasteiger partial charge in [0.1, 0.15) is 0 Å². The summed E-state index contributed by atoms with van der Waals surface area (Å²) >= 11 is 0. The first kappa shape index (κ1) is 8.38. The smallest absolute Gasteiger partial charge is 0.0883 e. The summed E-state index contributed by atoms with van der Waals surface area (Å²) in [6, 6.07) is 0. The molecule has 0 aromatic heterocycles. The molecule has 1 aliphatic rings. The van der Waals surface area contributed by atoms with Gasteiger partial charge in [0.05, 0.1) is 5.76 Å². The van der Waals surface area contributed by atoms with E-state index in [2.05, 4.69) is 13.5 Å². The second-order valence-corrected chi connectivity index (χ2v) is 3.50. The van der Waals surface area contributed by atoms with Gasteiger partial charge in [0, 0.05) is 6.42 Å². The average Bonchev–Trinajstić information content (AvgIpc) is 1.93. The van der Waals surface area contributed by atoms with E-state index in [0.717, 1.165) is 31.6 Å². The summed E-state index contributed by atoms with van der Waals surface area (Å²) in [5.41, 5.74) is 1.25. The summed E-state index contributed by atoms with van der Waals surface area (Å²) in [6.45, 7) is 5.95. The molecule has 11 heavy (non-hydrogen) atoms. The third-order valence-electron chi connectivity index (χ3n) is 2.13. The van der Waals surface area contributed by atoms with Crippen LogP contribution >= 0.6 is 0 Å². The monoisotopic (exact) mass is 152 g/mol. The van der Waals surface area contributed by atoms with Crippen molar-refractivity contribution in [2.45, 2.75) is 32.6 Å². The SMILES string of the molecule is C=C(C)CC1CC=C(O)CC1. The summed E-state index contributed by atoms with van der Waals surface area (Å²) in [6.07, 6.45) is 6.06. The fraction of sp³-hybridized carbons (Fsp3) is 0.600. The molecule has 0 saturated heterocycles. The molecule has 0 fully saturated rings. The predicted octanol–water partition coefficient (Wildman–Crippen LogP) is 3.19. The van der Waals surface area contributed by atoms with Crippen LogP contribution in [0, 0.1) is 5.92 Å². The minimum atomic E-state index is 0.572. The number of hydrogen-bond donors (Lipinski definition) is 1. The van der Waals surface area contributed by atoms with Gasteiger partial charge >= 0.3 is 0 Å². The van der Waals surface area contributed by atoms with Gasteiger partial charge in [-0.25, -0.2) is 0 Å². The van der Waals surface area contributed by atoms with E-state index in [9.17, 15) is 0 Å². The molecule has 1 nitrogen and oxygen atoms in total. The number of rotatable bonds is 2. The highest BCUT2D eigenvalue weighted by molar-refractivity contribution is 5.00. The van der Waals surface area contributed by atoms with Crippen LogP contribution in [0.25, 0.3) is 0 Å². The maximum atomic E-state index is 9.10. The number of aliphatic hydroxyl groups excluding tert-OH is 1. The van der Waals surface area contributed by atoms with Gasteiger partial charge in [-0.1, -0.05) is 5.57 Å². The third kappa shape index (κ3) is 2.79. The van der Waals surface area contributed by atoms with Gasteiger partial charge in [-0.15, -0.1) is 6.58 Å². The lowest BCUT2D eigenvalue weighted by Gasteiger charge is -2.18. The van der Waals surface area contributed by atoms with Gasteiger partial charge in [-0.05, 0) is 38.2 Å². The molecule has 0 bridgehead atoms. The van der Waals surface area contributed by atoms with Crippen molar-refractivity contribution in [1.29, 1.82) is 0 Å². The molecular formula is C10H16O. The Hall–Kier alpha value is -0.720. The van der Waals surface area contributed by atoms with E-state index in [1.54, 1.807) is 0 Å². The van der Waals surface area contributed by atoms with Crippen molar-refractivity contribution < 1.29 is 5.11 Å². The first-order chi connectivity index (χ1) is 5.18. The van der Waals surface area contributed by atoms with Gasteiger partial charge in [-0.3, -0.25) is 0 Å². The van der Waals surface area contributed by atoms with Gasteiger partial charge in [-0.2, -0.15) is 0 Å². The average molecular weight is 152 g/mol. The van der Waals surface area contributed by atoms with Crippen LogP contribution in [0.2, 0.25) is 0 Å². The number of hydrogen-bond acceptors (Lipinski definition) is 1. The Morgan fingerprint density at radius 3 is 3.00 bits per heavy atom. The molecule has 0 spiro atoms. The van der Waals surface area contributed by atoms with Gasteiger partial charge in [0.25, 0.3) is 0 Å². The summed E-state index contributed by atoms with van der Waals surface area (Å²) in [7, 11) is 0. The summed E-state index contributed by atoms with van der Waals surface area (Å²) in [5, 5.41) is 9.10. The maximum absolute atomic E-state index is 9.10. The standard InChI is InChI=1S/C10H16O/c1-8(2)7-9-3-5-10(11)6-4-9/h5,9,11H,1,3-4,6-7H2,2H3. The van der Waals surface area contributed by atoms with Crippen LogP contribution in [0.3, 0.4) is 0 Å². The largest absolute Gasteiger partial charge is 0.513 e. The van der Waals surface area contributed by atoms with E-state index in [-0.39, 0.29) is 0 Å². The molecule has 1 N–H and O–H groups in total. The van der Waals surface area contributed by atoms with Crippen LogP contribution in [-0.4, -0.2) is 5.11 Å². The normalized spacial score (nSPS) is 24.5. The molecule has 1 rings (SSSR count). The first-order valence-electron chi connectivity index (χ1n) is 4.21. The van der Waals surface area contributed by atoms with Gasteiger partial charge in [0.15, 0.2) is 0 Å². The van der Waals surface area contributed by atoms with Crippen molar-refractivity contribution in [3.05, 3.63) is 24.0 Å². The van der Waals surface area contributed by atoms with Crippen molar-refractivity contribution in [3.8, 4) is 0 Å². The fourth-order valence-corrected chi connectivity index (χ4v) is 1.55. The van der Waals surface area contributed by atoms with Crippen LogP contribution in [0.4, 0.5) is 0 Å². The minimum absolute atomic E-state index is 0.572. The zero-order valence-electron chi connectivity index (χ0n) is 7.14. The molecule has 0 amide bonds. The predicted molar refractivity (Wildman–Crippen MR) is 47.5 cm³/mol. The highest BCUT2D eigenvalue weighted by atomic mass is 16.3. The van der Waals surface area contributed by atoms with E-state index < -0.39 is 0 Å². The lowest BCUT2D eigenvalue weighted by molar-refractivity contribution is 0.335. The van der Waals surface area contributed by atoms with Crippen LogP contribution in [-0.2, 0) is 0 Å². The maximum Gasteiger partial charge on any atom is 0.0883 e. The topological polar surface area (TPSA) is 20.2 Å². The number of allylic oxidation sites excluding steroid dienone is 3. The zero-order valence-corrected chi connectivity index (χ0v) is 7.14. The lowest BCUT2D eigenvalue weighted by atomic mass is 9.88. The van der Waals surface area contributed by atoms with E-state index in [4.69, 9.17) is 5.11 Å². The van der Waals surface area contributed by atoms with Crippen molar-refractivity contribution in [2.75, 3.05) is 0 Å². The highest BCUT2D eigenvalue weighted by Gasteiger charge is 2.13. The van der Waals surface area contributed by atoms with Crippen molar-refractivity contribution >= 4 is 0 Å². The van der Waals surface area contributed by atoms with Crippen LogP contribution in [0.1, 0.15) is 32.6 Å². The van der Waals surface area contributed by atoms with Crippen LogP contribution < -0.4 is 0 Å². The Balaban J connectivity index is 2.35. The molecule has 1 aliphatic carbocycles. The van der Waals surface area contributed by atoms with E-state index in [1.165, 1.54) is 5.57 Å². The van der Waals surface area contributed by atoms with Crippen LogP contribution in [0.15, 0.2) is 24.0 Å². The van der Waals surface area contributed by atoms with Crippen molar-refractivity contribution in [3.63, 3.8) is 0 Å². The quantitative estimate of drug-likeness (QED) is 0.602.